The first-order valence-electron chi connectivity index (χ1n) is 11.3. The number of ether oxygens (including phenoxy) is 1. The number of halogens is 2. The number of nitrogens with one attached hydrogen (secondary N) is 1. The van der Waals surface area contributed by atoms with E-state index in [0.29, 0.717) is 23.4 Å². The van der Waals surface area contributed by atoms with Crippen LogP contribution in [0.25, 0.3) is 5.52 Å². The first-order valence-corrected chi connectivity index (χ1v) is 12.8. The van der Waals surface area contributed by atoms with Crippen LogP contribution in [0.1, 0.15) is 55.6 Å². The standard InChI is InChI=1S/C24H28F2N4O4S/c1-24(2,3)35(32,33)28-23(31)19-15-27-30-11-8-17(14-21(19)30)29-10-4-5-20(29)18-13-16(26)6-7-22(18)34-12-9-25/h6-8,11,13-15,20H,4-5,9-10,12H2,1-3H3,(H,28,31). The molecule has 1 aliphatic rings. The lowest BCUT2D eigenvalue weighted by atomic mass is 10.0. The van der Waals surface area contributed by atoms with Gasteiger partial charge < -0.3 is 9.64 Å². The second kappa shape index (κ2) is 9.44. The van der Waals surface area contributed by atoms with E-state index in [4.69, 9.17) is 4.74 Å². The Hall–Kier alpha value is -3.21. The van der Waals surface area contributed by atoms with Crippen molar-refractivity contribution in [1.82, 2.24) is 14.3 Å². The first kappa shape index (κ1) is 24.9. The molecular formula is C24H28F2N4O4S. The zero-order valence-corrected chi connectivity index (χ0v) is 20.6. The molecule has 1 N–H and O–H groups in total. The molecule has 1 amide bonds. The number of pyridine rings is 1. The lowest BCUT2D eigenvalue weighted by Gasteiger charge is -2.28. The van der Waals surface area contributed by atoms with Crippen LogP contribution in [0.5, 0.6) is 5.75 Å². The molecule has 3 heterocycles. The summed E-state index contributed by atoms with van der Waals surface area (Å²) in [5.41, 5.74) is 1.93. The van der Waals surface area contributed by atoms with Crippen molar-refractivity contribution >= 4 is 27.1 Å². The molecule has 35 heavy (non-hydrogen) atoms. The van der Waals surface area contributed by atoms with E-state index in [1.165, 1.54) is 49.7 Å². The Bertz CT molecular complexity index is 1350. The van der Waals surface area contributed by atoms with Crippen LogP contribution < -0.4 is 14.4 Å². The van der Waals surface area contributed by atoms with Gasteiger partial charge >= 0.3 is 0 Å². The summed E-state index contributed by atoms with van der Waals surface area (Å²) in [6.45, 7) is 4.41. The van der Waals surface area contributed by atoms with Gasteiger partial charge in [-0.15, -0.1) is 0 Å². The molecular weight excluding hydrogens is 478 g/mol. The van der Waals surface area contributed by atoms with Crippen molar-refractivity contribution in [3.05, 3.63) is 59.7 Å². The Kier molecular flexibility index (Phi) is 6.72. The molecule has 1 fully saturated rings. The molecule has 0 spiro atoms. The third kappa shape index (κ3) is 4.95. The van der Waals surface area contributed by atoms with Gasteiger partial charge in [-0.25, -0.2) is 26.4 Å². The smallest absolute Gasteiger partial charge is 0.268 e. The average molecular weight is 507 g/mol. The van der Waals surface area contributed by atoms with Crippen molar-refractivity contribution in [1.29, 1.82) is 0 Å². The fourth-order valence-electron chi connectivity index (χ4n) is 4.11. The molecule has 0 saturated carbocycles. The highest BCUT2D eigenvalue weighted by molar-refractivity contribution is 7.91. The Morgan fingerprint density at radius 1 is 1.26 bits per heavy atom. The average Bonchev–Trinajstić information content (AvgIpc) is 3.44. The minimum atomic E-state index is -3.90. The number of hydrogen-bond donors (Lipinski definition) is 1. The molecule has 0 bridgehead atoms. The molecule has 0 aliphatic carbocycles. The number of carbonyl (C=O) groups is 1. The number of anilines is 1. The number of amides is 1. The van der Waals surface area contributed by atoms with Gasteiger partial charge in [-0.3, -0.25) is 4.79 Å². The number of fused-ring (bicyclic) bond motifs is 1. The number of rotatable bonds is 7. The molecule has 8 nitrogen and oxygen atoms in total. The van der Waals surface area contributed by atoms with Crippen LogP contribution in [0.15, 0.2) is 42.7 Å². The second-order valence-electron chi connectivity index (χ2n) is 9.39. The van der Waals surface area contributed by atoms with E-state index in [2.05, 4.69) is 14.7 Å². The minimum Gasteiger partial charge on any atom is -0.490 e. The van der Waals surface area contributed by atoms with Gasteiger partial charge in [0.1, 0.15) is 24.8 Å². The van der Waals surface area contributed by atoms with Crippen molar-refractivity contribution in [3.8, 4) is 5.75 Å². The van der Waals surface area contributed by atoms with Crippen LogP contribution >= 0.6 is 0 Å². The van der Waals surface area contributed by atoms with Gasteiger partial charge in [0.15, 0.2) is 0 Å². The molecule has 0 radical (unpaired) electrons. The SMILES string of the molecule is CC(C)(C)S(=O)(=O)NC(=O)c1cnn2ccc(N3CCCC3c3cc(F)ccc3OCCF)cc12. The minimum absolute atomic E-state index is 0.119. The molecule has 1 saturated heterocycles. The summed E-state index contributed by atoms with van der Waals surface area (Å²) in [5, 5.41) is 4.17. The number of benzene rings is 1. The van der Waals surface area contributed by atoms with Crippen molar-refractivity contribution in [3.63, 3.8) is 0 Å². The molecule has 1 aromatic carbocycles. The highest BCUT2D eigenvalue weighted by Crippen LogP contribution is 2.40. The van der Waals surface area contributed by atoms with Crippen LogP contribution in [0.2, 0.25) is 0 Å². The van der Waals surface area contributed by atoms with Crippen LogP contribution in [-0.4, -0.2) is 48.5 Å². The van der Waals surface area contributed by atoms with Gasteiger partial charge in [-0.2, -0.15) is 5.10 Å². The monoisotopic (exact) mass is 506 g/mol. The lowest BCUT2D eigenvalue weighted by molar-refractivity contribution is 0.0982. The fraction of sp³-hybridized carbons (Fsp3) is 0.417. The predicted octanol–water partition coefficient (Wildman–Crippen LogP) is 4.02. The third-order valence-corrected chi connectivity index (χ3v) is 8.10. The number of hydrogen-bond acceptors (Lipinski definition) is 6. The Labute approximate surface area is 202 Å². The number of sulfonamides is 1. The molecule has 4 rings (SSSR count). The summed E-state index contributed by atoms with van der Waals surface area (Å²) in [7, 11) is -3.90. The van der Waals surface area contributed by atoms with Gasteiger partial charge in [-0.1, -0.05) is 0 Å². The highest BCUT2D eigenvalue weighted by Gasteiger charge is 2.33. The molecule has 188 valence electrons. The van der Waals surface area contributed by atoms with Crippen molar-refractivity contribution in [2.45, 2.75) is 44.4 Å². The molecule has 1 unspecified atom stereocenters. The lowest BCUT2D eigenvalue weighted by Crippen LogP contribution is -2.42. The summed E-state index contributed by atoms with van der Waals surface area (Å²) in [6, 6.07) is 7.56. The third-order valence-electron chi connectivity index (χ3n) is 6.03. The van der Waals surface area contributed by atoms with E-state index >= 15 is 0 Å². The summed E-state index contributed by atoms with van der Waals surface area (Å²) in [5.74, 6) is -0.749. The van der Waals surface area contributed by atoms with Crippen molar-refractivity contribution in [2.24, 2.45) is 0 Å². The molecule has 1 atom stereocenters. The number of aromatic nitrogens is 2. The van der Waals surface area contributed by atoms with E-state index in [9.17, 15) is 22.0 Å². The van der Waals surface area contributed by atoms with Gasteiger partial charge in [0.25, 0.3) is 5.91 Å². The molecule has 11 heteroatoms. The normalized spacial score (nSPS) is 16.6. The maximum absolute atomic E-state index is 14.1. The van der Waals surface area contributed by atoms with E-state index < -0.39 is 33.2 Å². The molecule has 2 aromatic heterocycles. The predicted molar refractivity (Wildman–Crippen MR) is 129 cm³/mol. The van der Waals surface area contributed by atoms with Crippen LogP contribution in [0.3, 0.4) is 0 Å². The highest BCUT2D eigenvalue weighted by atomic mass is 32.2. The Morgan fingerprint density at radius 2 is 2.03 bits per heavy atom. The molecule has 3 aromatic rings. The van der Waals surface area contributed by atoms with E-state index in [0.717, 1.165) is 18.5 Å². The van der Waals surface area contributed by atoms with Crippen molar-refractivity contribution in [2.75, 3.05) is 24.7 Å². The number of nitrogens with zero attached hydrogens (tertiary/aromatic N) is 3. The zero-order valence-electron chi connectivity index (χ0n) is 19.8. The summed E-state index contributed by atoms with van der Waals surface area (Å²) < 4.78 is 59.8. The van der Waals surface area contributed by atoms with Crippen LogP contribution in [-0.2, 0) is 10.0 Å². The van der Waals surface area contributed by atoms with Gasteiger partial charge in [-0.05, 0) is 63.9 Å². The van der Waals surface area contributed by atoms with Gasteiger partial charge in [0.05, 0.1) is 28.1 Å². The summed E-state index contributed by atoms with van der Waals surface area (Å²) >= 11 is 0. The maximum Gasteiger partial charge on any atom is 0.268 e. The quantitative estimate of drug-likeness (QED) is 0.520. The van der Waals surface area contributed by atoms with Crippen molar-refractivity contribution < 1.29 is 26.7 Å². The summed E-state index contributed by atoms with van der Waals surface area (Å²) in [6.07, 6.45) is 4.58. The van der Waals surface area contributed by atoms with Gasteiger partial charge in [0, 0.05) is 24.0 Å². The largest absolute Gasteiger partial charge is 0.490 e. The fourth-order valence-corrected chi connectivity index (χ4v) is 4.77. The van der Waals surface area contributed by atoms with Crippen LogP contribution in [0, 0.1) is 5.82 Å². The first-order chi connectivity index (χ1) is 16.5. The van der Waals surface area contributed by atoms with E-state index in [-0.39, 0.29) is 18.2 Å². The zero-order chi connectivity index (χ0) is 25.4. The maximum atomic E-state index is 14.1. The van der Waals surface area contributed by atoms with Gasteiger partial charge in [0.2, 0.25) is 10.0 Å². The summed E-state index contributed by atoms with van der Waals surface area (Å²) in [4.78, 5) is 14.9. The number of carbonyl (C=O) groups excluding carboxylic acids is 1. The Morgan fingerprint density at radius 3 is 2.74 bits per heavy atom. The second-order valence-corrected chi connectivity index (χ2v) is 11.8. The van der Waals surface area contributed by atoms with E-state index in [1.54, 1.807) is 12.3 Å². The topological polar surface area (TPSA) is 93.0 Å². The molecule has 1 aliphatic heterocycles. The van der Waals surface area contributed by atoms with Crippen LogP contribution in [0.4, 0.5) is 14.5 Å². The number of alkyl halides is 1. The van der Waals surface area contributed by atoms with E-state index in [1.807, 2.05) is 6.07 Å². The Balaban J connectivity index is 1.68.